The van der Waals surface area contributed by atoms with Crippen LogP contribution in [0.15, 0.2) is 30.3 Å². The molecule has 1 rings (SSSR count). The summed E-state index contributed by atoms with van der Waals surface area (Å²) in [6.45, 7) is 0. The molecule has 0 heterocycles. The zero-order valence-corrected chi connectivity index (χ0v) is 8.71. The van der Waals surface area contributed by atoms with Crippen LogP contribution in [0.25, 0.3) is 0 Å². The van der Waals surface area contributed by atoms with Crippen LogP contribution < -0.4 is 0 Å². The molecule has 0 spiro atoms. The third-order valence-electron chi connectivity index (χ3n) is 1.47. The van der Waals surface area contributed by atoms with Crippen molar-refractivity contribution in [2.45, 2.75) is 11.6 Å². The number of benzene rings is 1. The molecule has 1 aromatic carbocycles. The van der Waals surface area contributed by atoms with Gasteiger partial charge < -0.3 is 0 Å². The van der Waals surface area contributed by atoms with Crippen molar-refractivity contribution in [2.24, 2.45) is 0 Å². The fourth-order valence-corrected chi connectivity index (χ4v) is 1.45. The van der Waals surface area contributed by atoms with Crippen LogP contribution in [0.1, 0.15) is 16.8 Å². The van der Waals surface area contributed by atoms with E-state index in [4.69, 9.17) is 0 Å². The Hall–Kier alpha value is -0.552. The Morgan fingerprint density at radius 3 is 2.45 bits per heavy atom. The van der Waals surface area contributed by atoms with E-state index in [-0.39, 0.29) is 5.78 Å². The third kappa shape index (κ3) is 2.51. The van der Waals surface area contributed by atoms with Gasteiger partial charge in [-0.3, -0.25) is 0 Å². The molecule has 1 unspecified atom stereocenters. The molecule has 0 bridgehead atoms. The molecule has 0 aliphatic rings. The molecule has 0 saturated carbocycles. The molecule has 0 saturated heterocycles. The van der Waals surface area contributed by atoms with Crippen molar-refractivity contribution in [3.8, 4) is 0 Å². The zero-order valence-electron chi connectivity index (χ0n) is 6.29. The summed E-state index contributed by atoms with van der Waals surface area (Å²) < 4.78 is 0. The van der Waals surface area contributed by atoms with E-state index in [1.54, 1.807) is 16.9 Å². The van der Waals surface area contributed by atoms with Crippen molar-refractivity contribution in [1.82, 2.24) is 0 Å². The van der Waals surface area contributed by atoms with E-state index in [9.17, 15) is 4.79 Å². The maximum absolute atomic E-state index is 11.3. The first-order chi connectivity index (χ1) is 5.34. The van der Waals surface area contributed by atoms with Crippen LogP contribution in [0.5, 0.6) is 0 Å². The van der Waals surface area contributed by atoms with Crippen LogP contribution in [-0.2, 0) is 0 Å². The van der Waals surface area contributed by atoms with Gasteiger partial charge in [0.05, 0.1) is 0 Å². The van der Waals surface area contributed by atoms with Gasteiger partial charge in [0.2, 0.25) is 0 Å². The van der Waals surface area contributed by atoms with Crippen LogP contribution in [0.3, 0.4) is 0 Å². The van der Waals surface area contributed by atoms with Crippen molar-refractivity contribution in [3.05, 3.63) is 35.9 Å². The van der Waals surface area contributed by atoms with E-state index in [1.165, 1.54) is 0 Å². The van der Waals surface area contributed by atoms with Crippen LogP contribution in [0, 0.1) is 0 Å². The number of hydrogen-bond acceptors (Lipinski definition) is 1. The van der Waals surface area contributed by atoms with Crippen LogP contribution in [0.2, 0.25) is 5.21 Å². The number of rotatable bonds is 3. The Bertz CT molecular complexity index is 231. The minimum atomic E-state index is 0.259. The van der Waals surface area contributed by atoms with Crippen molar-refractivity contribution < 1.29 is 4.79 Å². The van der Waals surface area contributed by atoms with Gasteiger partial charge in [0, 0.05) is 0 Å². The summed E-state index contributed by atoms with van der Waals surface area (Å²) in [5.41, 5.74) is 0.838. The average molecular weight is 210 g/mol. The Kier molecular flexibility index (Phi) is 3.38. The van der Waals surface area contributed by atoms with Crippen LogP contribution >= 0.6 is 0 Å². The monoisotopic (exact) mass is 210 g/mol. The Labute approximate surface area is 75.3 Å². The van der Waals surface area contributed by atoms with Gasteiger partial charge in [0.25, 0.3) is 0 Å². The second-order valence-corrected chi connectivity index (χ2v) is 3.54. The van der Waals surface area contributed by atoms with Gasteiger partial charge in [0.1, 0.15) is 0 Å². The molecule has 11 heavy (non-hydrogen) atoms. The fraction of sp³-hybridized carbons (Fsp3) is 0.222. The molecule has 0 aliphatic heterocycles. The molecule has 1 aromatic rings. The van der Waals surface area contributed by atoms with E-state index in [0.717, 1.165) is 10.8 Å². The van der Waals surface area contributed by atoms with Crippen LogP contribution in [0.4, 0.5) is 0 Å². The van der Waals surface area contributed by atoms with Crippen molar-refractivity contribution >= 4 is 22.6 Å². The molecule has 0 amide bonds. The van der Waals surface area contributed by atoms with Gasteiger partial charge in [-0.25, -0.2) is 0 Å². The molecule has 0 aliphatic carbocycles. The fourth-order valence-electron chi connectivity index (χ4n) is 0.899. The summed E-state index contributed by atoms with van der Waals surface area (Å²) in [7, 11) is 0. The summed E-state index contributed by atoms with van der Waals surface area (Å²) in [6, 6.07) is 9.45. The van der Waals surface area contributed by atoms with Crippen molar-refractivity contribution in [2.75, 3.05) is 0 Å². The molecular weight excluding hydrogens is 199 g/mol. The maximum atomic E-state index is 11.3. The predicted molar refractivity (Wildman–Crippen MR) is 48.7 cm³/mol. The Balaban J connectivity index is 2.69. The SMILES string of the molecule is O=C(CC[AsH2])c1ccccc1. The average Bonchev–Trinajstić information content (AvgIpc) is 2.07. The van der Waals surface area contributed by atoms with Crippen LogP contribution in [-0.4, -0.2) is 22.6 Å². The van der Waals surface area contributed by atoms with Crippen molar-refractivity contribution in [3.63, 3.8) is 0 Å². The summed E-state index contributed by atoms with van der Waals surface area (Å²) in [6.07, 6.45) is 0.685. The molecular formula is C9H11AsO. The van der Waals surface area contributed by atoms with Gasteiger partial charge in [-0.1, -0.05) is 0 Å². The van der Waals surface area contributed by atoms with Gasteiger partial charge >= 0.3 is 75.0 Å². The normalized spacial score (nSPS) is 9.55. The van der Waals surface area contributed by atoms with Gasteiger partial charge in [-0.2, -0.15) is 0 Å². The predicted octanol–water partition coefficient (Wildman–Crippen LogP) is 1.31. The van der Waals surface area contributed by atoms with E-state index in [0.29, 0.717) is 6.42 Å². The number of Topliss-reactive ketones (excluding diaryl/α,β-unsaturated/α-hetero) is 1. The topological polar surface area (TPSA) is 17.1 Å². The summed E-state index contributed by atoms with van der Waals surface area (Å²) in [5, 5.41) is 0.987. The second kappa shape index (κ2) is 4.35. The second-order valence-electron chi connectivity index (χ2n) is 2.33. The molecule has 0 radical (unpaired) electrons. The molecule has 58 valence electrons. The summed E-state index contributed by atoms with van der Waals surface area (Å²) >= 11 is 1.61. The molecule has 0 fully saturated rings. The standard InChI is InChI=1S/C9H11AsO/c10-7-6-9(11)8-4-2-1-3-5-8/h1-5H,6-7,10H2. The van der Waals surface area contributed by atoms with Gasteiger partial charge in [-0.05, 0) is 0 Å². The molecule has 1 nitrogen and oxygen atoms in total. The Morgan fingerprint density at radius 1 is 1.27 bits per heavy atom. The quantitative estimate of drug-likeness (QED) is 0.543. The first kappa shape index (κ1) is 8.54. The van der Waals surface area contributed by atoms with Gasteiger partial charge in [-0.15, -0.1) is 0 Å². The number of ketones is 1. The summed E-state index contributed by atoms with van der Waals surface area (Å²) in [5.74, 6) is 0.259. The number of hydrogen-bond donors (Lipinski definition) is 0. The minimum absolute atomic E-state index is 0.259. The third-order valence-corrected chi connectivity index (χ3v) is 2.07. The Morgan fingerprint density at radius 2 is 1.91 bits per heavy atom. The number of carbonyl (C=O) groups excluding carboxylic acids is 1. The van der Waals surface area contributed by atoms with E-state index in [2.05, 4.69) is 0 Å². The van der Waals surface area contributed by atoms with E-state index >= 15 is 0 Å². The molecule has 2 heteroatoms. The first-order valence-corrected chi connectivity index (χ1v) is 5.34. The van der Waals surface area contributed by atoms with Gasteiger partial charge in [0.15, 0.2) is 0 Å². The molecule has 1 atom stereocenters. The number of carbonyl (C=O) groups is 1. The summed E-state index contributed by atoms with van der Waals surface area (Å²) in [4.78, 5) is 11.3. The molecule has 0 aromatic heterocycles. The van der Waals surface area contributed by atoms with E-state index < -0.39 is 0 Å². The molecule has 0 N–H and O–H groups in total. The van der Waals surface area contributed by atoms with E-state index in [1.807, 2.05) is 30.3 Å². The first-order valence-electron chi connectivity index (χ1n) is 3.63. The zero-order chi connectivity index (χ0) is 8.10. The van der Waals surface area contributed by atoms with Crippen molar-refractivity contribution in [1.29, 1.82) is 0 Å².